The van der Waals surface area contributed by atoms with Crippen LogP contribution in [0, 0.1) is 52.8 Å². The van der Waals surface area contributed by atoms with Gasteiger partial charge in [-0.2, -0.15) is 0 Å². The molecule has 1 aromatic heterocycles. The number of fused-ring (bicyclic) bond motifs is 1. The first-order chi connectivity index (χ1) is 68.6. The number of rotatable bonds is 66. The molecule has 1 fully saturated rings. The van der Waals surface area contributed by atoms with Crippen molar-refractivity contribution in [2.24, 2.45) is 70.3 Å². The standard InChI is InChI=1S/C99H159N23O24/c1-17-56(15)79(102)94(141)119-74(49-124)92(139)115-69(43-53(9)10)87(134)111-68(42-52(7)8)86(133)114-70(44-54(11)12)90(137)121-81(57(16)18-2)96(143)108-63(33-36-77(101)126)83(130)118-73(48-123)91(138)117-72(46-59-47-106-61-29-23-22-28-60(59)61)89(136)113-66(40-50(3)4)84(131)109-64(34-37-78(127)128)97(144)122-39-25-31-75(122)93(140)120-80(55(13)14)95(142)107-62(32-35-76(100)125)82(129)116-71(45-58-26-20-19-21-27-58)88(135)112-67(41-51(5)6)85(132)110-65(98(145)146)30-24-38-105-99(103)104/h19-23,26-29,47,50-57,62-75,79-81,106,123-124H,17-18,24-25,30-46,48-49,102H2,1-16H3,(H2,100,125)(H2,101,126)(H,107,142)(H,108,143)(H,109,131)(H,110,132)(H,111,134)(H,112,135)(H,113,136)(H,114,133)(H,115,139)(H,116,129)(H,117,138)(H,118,130)(H,119,141)(H,120,140)(H,121,137)(H,127,128)(H,145,146)(H4,103,104,105)/t56-,57-,62-,63-,64-,65-,66-,67-,68-,69-,70-,71-,72-,73-,74-,75-,79-,80-,81-/m0/s1. The zero-order valence-electron chi connectivity index (χ0n) is 86.7. The van der Waals surface area contributed by atoms with Crippen LogP contribution in [0.1, 0.15) is 231 Å². The van der Waals surface area contributed by atoms with Gasteiger partial charge in [0.15, 0.2) is 5.96 Å². The number of aromatic nitrogens is 1. The number of para-hydroxylation sites is 1. The van der Waals surface area contributed by atoms with Crippen molar-refractivity contribution >= 4 is 135 Å². The second-order valence-corrected chi connectivity index (χ2v) is 40.0. The number of aromatic amines is 1. The molecule has 47 nitrogen and oxygen atoms in total. The Bertz CT molecular complexity index is 4920. The van der Waals surface area contributed by atoms with Gasteiger partial charge in [0.2, 0.25) is 106 Å². The van der Waals surface area contributed by atoms with Crippen molar-refractivity contribution in [3.8, 4) is 0 Å². The van der Waals surface area contributed by atoms with Crippen LogP contribution >= 0.6 is 0 Å². The third-order valence-electron chi connectivity index (χ3n) is 24.9. The number of aliphatic hydroxyl groups is 2. The highest BCUT2D eigenvalue weighted by atomic mass is 16.4. The Morgan fingerprint density at radius 2 is 0.767 bits per heavy atom. The molecule has 0 saturated carbocycles. The number of guanidine groups is 1. The molecular weight excluding hydrogens is 1900 g/mol. The summed E-state index contributed by atoms with van der Waals surface area (Å²) in [4.78, 5) is 286. The number of carbonyl (C=O) groups is 20. The smallest absolute Gasteiger partial charge is 0.326 e. The van der Waals surface area contributed by atoms with Crippen LogP contribution in [0.15, 0.2) is 60.8 Å². The molecule has 1 aliphatic heterocycles. The lowest BCUT2D eigenvalue weighted by molar-refractivity contribution is -0.144. The predicted octanol–water partition coefficient (Wildman–Crippen LogP) is -1.75. The number of primary amides is 2. The number of nitrogens with one attached hydrogen (secondary N) is 18. The number of aliphatic carboxylic acids is 2. The Kier molecular flexibility index (Phi) is 53.3. The number of hydrogen-bond acceptors (Lipinski definition) is 24. The summed E-state index contributed by atoms with van der Waals surface area (Å²) >= 11 is 0. The minimum atomic E-state index is -1.97. The van der Waals surface area contributed by atoms with E-state index in [0.717, 1.165) is 4.90 Å². The molecule has 47 heteroatoms. The number of H-pyrrole nitrogens is 1. The normalized spacial score (nSPS) is 16.2. The van der Waals surface area contributed by atoms with Crippen molar-refractivity contribution in [3.63, 3.8) is 0 Å². The summed E-state index contributed by atoms with van der Waals surface area (Å²) in [7, 11) is 0. The summed E-state index contributed by atoms with van der Waals surface area (Å²) in [6.45, 7) is 25.4. The first-order valence-corrected chi connectivity index (χ1v) is 50.2. The van der Waals surface area contributed by atoms with Crippen LogP contribution in [0.25, 0.3) is 10.9 Å². The molecule has 19 atom stereocenters. The van der Waals surface area contributed by atoms with Gasteiger partial charge in [-0.1, -0.05) is 172 Å². The number of benzene rings is 2. The quantitative estimate of drug-likeness (QED) is 0.0169. The molecule has 0 aliphatic carbocycles. The van der Waals surface area contributed by atoms with Gasteiger partial charge < -0.3 is 138 Å². The molecule has 146 heavy (non-hydrogen) atoms. The highest BCUT2D eigenvalue weighted by Crippen LogP contribution is 2.25. The topological polar surface area (TPSA) is 762 Å². The zero-order chi connectivity index (χ0) is 110. The number of likely N-dealkylation sites (tertiary alicyclic amines) is 1. The van der Waals surface area contributed by atoms with E-state index in [0.29, 0.717) is 28.5 Å². The Morgan fingerprint density at radius 1 is 0.404 bits per heavy atom. The van der Waals surface area contributed by atoms with E-state index in [1.165, 1.54) is 0 Å². The van der Waals surface area contributed by atoms with E-state index >= 15 is 14.4 Å². The van der Waals surface area contributed by atoms with Crippen molar-refractivity contribution in [1.29, 1.82) is 5.41 Å². The van der Waals surface area contributed by atoms with Gasteiger partial charge in [-0.25, -0.2) is 4.79 Å². The Hall–Kier alpha value is -13.5. The van der Waals surface area contributed by atoms with Crippen molar-refractivity contribution < 1.29 is 116 Å². The summed E-state index contributed by atoms with van der Waals surface area (Å²) < 4.78 is 0. The summed E-state index contributed by atoms with van der Waals surface area (Å²) in [6, 6.07) is -10.5. The van der Waals surface area contributed by atoms with E-state index in [4.69, 9.17) is 28.3 Å². The lowest BCUT2D eigenvalue weighted by atomic mass is 9.95. The molecule has 814 valence electrons. The van der Waals surface area contributed by atoms with E-state index in [2.05, 4.69) is 90.1 Å². The number of carbonyl (C=O) groups excluding carboxylic acids is 18. The average Bonchev–Trinajstić information content (AvgIpc) is 1.64. The van der Waals surface area contributed by atoms with Gasteiger partial charge in [0.25, 0.3) is 0 Å². The second kappa shape index (κ2) is 62.4. The van der Waals surface area contributed by atoms with E-state index in [9.17, 15) is 102 Å². The van der Waals surface area contributed by atoms with Gasteiger partial charge in [-0.15, -0.1) is 0 Å². The summed E-state index contributed by atoms with van der Waals surface area (Å²) in [5.41, 5.74) is 24.2. The zero-order valence-corrected chi connectivity index (χ0v) is 86.7. The SMILES string of the molecule is CC[C@H](C)[C@H](N)C(=O)N[C@@H](CO)C(=O)N[C@@H](CC(C)C)C(=O)N[C@@H](CC(C)C)C(=O)N[C@@H](CC(C)C)C(=O)N[C@H](C(=O)N[C@@H](CCC(N)=O)C(=O)N[C@@H](CO)C(=O)N[C@@H](Cc1c[nH]c2ccccc12)C(=O)N[C@@H](CC(C)C)C(=O)N[C@@H](CCC(=O)O)C(=O)N1CCC[C@H]1C(=O)N[C@H](C(=O)N[C@@H](CCC(N)=O)C(=O)N[C@@H](Cc1ccccc1)C(=O)N[C@@H](CC(C)C)C(=O)N[C@@H](CCCNC(=N)N)C(=O)O)C(C)C)[C@@H](C)CC. The average molecular weight is 2060 g/mol. The fourth-order valence-electron chi connectivity index (χ4n) is 16.4. The molecule has 1 saturated heterocycles. The molecule has 4 rings (SSSR count). The highest BCUT2D eigenvalue weighted by molar-refractivity contribution is 6.02. The maximum atomic E-state index is 15.2. The second-order valence-electron chi connectivity index (χ2n) is 40.0. The molecule has 2 aromatic carbocycles. The third kappa shape index (κ3) is 42.7. The van der Waals surface area contributed by atoms with Crippen LogP contribution in [0.3, 0.4) is 0 Å². The van der Waals surface area contributed by atoms with Crippen molar-refractivity contribution in [2.75, 3.05) is 26.3 Å². The first-order valence-electron chi connectivity index (χ1n) is 50.2. The molecule has 3 aromatic rings. The van der Waals surface area contributed by atoms with Gasteiger partial charge in [-0.05, 0) is 142 Å². The van der Waals surface area contributed by atoms with Crippen LogP contribution in [0.2, 0.25) is 0 Å². The molecule has 18 amide bonds. The van der Waals surface area contributed by atoms with Crippen LogP contribution in [0.4, 0.5) is 0 Å². The summed E-state index contributed by atoms with van der Waals surface area (Å²) in [5, 5.41) is 90.8. The number of amides is 18. The number of carboxylic acids is 2. The molecule has 0 bridgehead atoms. The molecule has 2 heterocycles. The monoisotopic (exact) mass is 2050 g/mol. The van der Waals surface area contributed by atoms with Crippen LogP contribution in [0.5, 0.6) is 0 Å². The highest BCUT2D eigenvalue weighted by Gasteiger charge is 2.44. The fraction of sp³-hybridized carbons (Fsp3) is 0.646. The van der Waals surface area contributed by atoms with E-state index in [1.54, 1.807) is 165 Å². The summed E-state index contributed by atoms with van der Waals surface area (Å²) in [5.74, 6) is -23.5. The van der Waals surface area contributed by atoms with Gasteiger partial charge in [0.05, 0.1) is 19.3 Å². The van der Waals surface area contributed by atoms with Crippen LogP contribution in [-0.2, 0) is 109 Å². The number of nitrogens with two attached hydrogens (primary N) is 4. The molecule has 0 unspecified atom stereocenters. The lowest BCUT2D eigenvalue weighted by Gasteiger charge is -2.32. The lowest BCUT2D eigenvalue weighted by Crippen LogP contribution is -2.62. The predicted molar refractivity (Wildman–Crippen MR) is 540 cm³/mol. The molecule has 0 radical (unpaired) electrons. The minimum Gasteiger partial charge on any atom is -0.481 e. The Morgan fingerprint density at radius 3 is 1.18 bits per heavy atom. The van der Waals surface area contributed by atoms with Gasteiger partial charge >= 0.3 is 11.9 Å². The molecule has 30 N–H and O–H groups in total. The Labute approximate surface area is 851 Å². The number of nitrogens with zero attached hydrogens (tertiary/aromatic N) is 1. The van der Waals surface area contributed by atoms with Crippen molar-refractivity contribution in [2.45, 2.75) is 335 Å². The van der Waals surface area contributed by atoms with E-state index < -0.39 is 290 Å². The maximum absolute atomic E-state index is 15.2. The van der Waals surface area contributed by atoms with Gasteiger partial charge in [0, 0.05) is 62.3 Å². The minimum absolute atomic E-state index is 0.00343. The van der Waals surface area contributed by atoms with Gasteiger partial charge in [-0.3, -0.25) is 96.5 Å². The van der Waals surface area contributed by atoms with Crippen molar-refractivity contribution in [3.05, 3.63) is 71.9 Å². The number of carboxylic acid groups (broad SMARTS) is 2. The molecular formula is C99H159N23O24. The Balaban J connectivity index is 1.64. The molecule has 0 spiro atoms. The number of aliphatic hydroxyl groups excluding tert-OH is 2. The third-order valence-corrected chi connectivity index (χ3v) is 24.9. The van der Waals surface area contributed by atoms with Crippen molar-refractivity contribution in [1.82, 2.24) is 95.0 Å². The van der Waals surface area contributed by atoms with Crippen LogP contribution in [-0.4, -0.2) is 284 Å². The summed E-state index contributed by atoms with van der Waals surface area (Å²) in [6.07, 6.45) is -1.57. The van der Waals surface area contributed by atoms with E-state index in [-0.39, 0.29) is 126 Å². The maximum Gasteiger partial charge on any atom is 0.326 e. The van der Waals surface area contributed by atoms with E-state index in [1.807, 2.05) is 6.92 Å². The van der Waals surface area contributed by atoms with Gasteiger partial charge in [0.1, 0.15) is 96.7 Å². The number of hydrogen-bond donors (Lipinski definition) is 26. The largest absolute Gasteiger partial charge is 0.481 e. The fourth-order valence-corrected chi connectivity index (χ4v) is 16.4. The molecule has 1 aliphatic rings. The first kappa shape index (κ1) is 125. The van der Waals surface area contributed by atoms with Crippen LogP contribution < -0.4 is 108 Å².